The number of carbonyl (C=O) groups is 1. The molecule has 0 aromatic heterocycles. The van der Waals surface area contributed by atoms with Gasteiger partial charge >= 0.3 is 0 Å². The maximum atomic E-state index is 11.5. The largest absolute Gasteiger partial charge is 0.382 e. The molecular weight excluding hydrogens is 395 g/mol. The van der Waals surface area contributed by atoms with Crippen LogP contribution in [0.3, 0.4) is 0 Å². The number of hydrogen-bond acceptors (Lipinski definition) is 3. The minimum absolute atomic E-state index is 0. The van der Waals surface area contributed by atoms with Crippen molar-refractivity contribution in [2.45, 2.75) is 53.0 Å². The molecule has 0 aromatic carbocycles. The molecule has 132 valence electrons. The van der Waals surface area contributed by atoms with Gasteiger partial charge in [-0.2, -0.15) is 0 Å². The van der Waals surface area contributed by atoms with Gasteiger partial charge in [-0.1, -0.05) is 0 Å². The number of unbranched alkanes of at least 4 members (excludes halogenated alkanes) is 1. The molecule has 0 atom stereocenters. The first-order valence-electron chi connectivity index (χ1n) is 7.99. The molecule has 0 aliphatic rings. The molecule has 0 rings (SSSR count). The van der Waals surface area contributed by atoms with E-state index >= 15 is 0 Å². The number of aliphatic imine (C=N–C) groups is 1. The maximum absolute atomic E-state index is 11.5. The summed E-state index contributed by atoms with van der Waals surface area (Å²) in [6.07, 6.45) is 2.48. The number of halogens is 1. The Bertz CT molecular complexity index is 299. The summed E-state index contributed by atoms with van der Waals surface area (Å²) in [6, 6.07) is 0.185. The molecule has 22 heavy (non-hydrogen) atoms. The Labute approximate surface area is 152 Å². The minimum atomic E-state index is 0. The zero-order valence-corrected chi connectivity index (χ0v) is 16.7. The topological polar surface area (TPSA) is 74.8 Å². The number of rotatable bonds is 11. The van der Waals surface area contributed by atoms with Crippen LogP contribution >= 0.6 is 24.0 Å². The van der Waals surface area contributed by atoms with E-state index in [0.29, 0.717) is 13.0 Å². The average Bonchev–Trinajstić information content (AvgIpc) is 2.41. The third-order valence-corrected chi connectivity index (χ3v) is 2.61. The molecule has 3 N–H and O–H groups in total. The van der Waals surface area contributed by atoms with Crippen molar-refractivity contribution in [2.24, 2.45) is 4.99 Å². The molecule has 6 nitrogen and oxygen atoms in total. The van der Waals surface area contributed by atoms with Crippen molar-refractivity contribution in [1.29, 1.82) is 0 Å². The molecule has 0 saturated carbocycles. The number of carbonyl (C=O) groups excluding carboxylic acids is 1. The molecule has 0 aliphatic carbocycles. The summed E-state index contributed by atoms with van der Waals surface area (Å²) in [7, 11) is 0. The number of nitrogens with zero attached hydrogens (tertiary/aromatic N) is 1. The third kappa shape index (κ3) is 15.8. The summed E-state index contributed by atoms with van der Waals surface area (Å²) in [5, 5.41) is 9.22. The minimum Gasteiger partial charge on any atom is -0.382 e. The van der Waals surface area contributed by atoms with E-state index in [9.17, 15) is 4.79 Å². The first kappa shape index (κ1) is 23.7. The smallest absolute Gasteiger partial charge is 0.221 e. The summed E-state index contributed by atoms with van der Waals surface area (Å²) >= 11 is 0. The van der Waals surface area contributed by atoms with Crippen molar-refractivity contribution in [1.82, 2.24) is 16.0 Å². The SMILES string of the molecule is CCNC(=NCCCCOCC)NCCC(=O)NC(C)C.I. The Morgan fingerprint density at radius 1 is 1.18 bits per heavy atom. The van der Waals surface area contributed by atoms with Gasteiger partial charge < -0.3 is 20.7 Å². The normalized spacial score (nSPS) is 11.0. The van der Waals surface area contributed by atoms with Gasteiger partial charge in [-0.05, 0) is 40.5 Å². The molecule has 7 heteroatoms. The number of guanidine groups is 1. The number of amides is 1. The fourth-order valence-electron chi connectivity index (χ4n) is 1.68. The van der Waals surface area contributed by atoms with Crippen LogP contribution in [-0.4, -0.2) is 50.8 Å². The van der Waals surface area contributed by atoms with Crippen LogP contribution in [0.25, 0.3) is 0 Å². The van der Waals surface area contributed by atoms with Gasteiger partial charge in [0.05, 0.1) is 0 Å². The van der Waals surface area contributed by atoms with Gasteiger partial charge in [0.1, 0.15) is 0 Å². The van der Waals surface area contributed by atoms with Gasteiger partial charge in [0.25, 0.3) is 0 Å². The predicted molar refractivity (Wildman–Crippen MR) is 103 cm³/mol. The molecule has 0 spiro atoms. The van der Waals surface area contributed by atoms with Gasteiger partial charge in [-0.15, -0.1) is 24.0 Å². The van der Waals surface area contributed by atoms with Gasteiger partial charge in [-0.3, -0.25) is 9.79 Å². The van der Waals surface area contributed by atoms with E-state index in [-0.39, 0.29) is 35.9 Å². The molecule has 0 bridgehead atoms. The first-order valence-corrected chi connectivity index (χ1v) is 7.99. The number of nitrogens with one attached hydrogen (secondary N) is 3. The lowest BCUT2D eigenvalue weighted by Crippen LogP contribution is -2.40. The van der Waals surface area contributed by atoms with Gasteiger partial charge in [-0.25, -0.2) is 0 Å². The summed E-state index contributed by atoms with van der Waals surface area (Å²) in [6.45, 7) is 11.7. The highest BCUT2D eigenvalue weighted by Gasteiger charge is 2.03. The fourth-order valence-corrected chi connectivity index (χ4v) is 1.68. The van der Waals surface area contributed by atoms with Crippen molar-refractivity contribution in [3.05, 3.63) is 0 Å². The highest BCUT2D eigenvalue weighted by Crippen LogP contribution is 1.91. The number of ether oxygens (including phenoxy) is 1. The standard InChI is InChI=1S/C15H32N4O2.HI/c1-5-16-15(17-10-7-8-12-21-6-2)18-11-9-14(20)19-13(3)4;/h13H,5-12H2,1-4H3,(H,19,20)(H2,16,17,18);1H. The lowest BCUT2D eigenvalue weighted by molar-refractivity contribution is -0.121. The first-order chi connectivity index (χ1) is 10.1. The lowest BCUT2D eigenvalue weighted by Gasteiger charge is -2.12. The molecule has 0 saturated heterocycles. The maximum Gasteiger partial charge on any atom is 0.221 e. The van der Waals surface area contributed by atoms with Crippen molar-refractivity contribution in [2.75, 3.05) is 32.8 Å². The molecule has 0 radical (unpaired) electrons. The van der Waals surface area contributed by atoms with Crippen LogP contribution in [0.15, 0.2) is 4.99 Å². The average molecular weight is 428 g/mol. The van der Waals surface area contributed by atoms with E-state index in [4.69, 9.17) is 4.74 Å². The zero-order valence-electron chi connectivity index (χ0n) is 14.4. The number of hydrogen-bond donors (Lipinski definition) is 3. The summed E-state index contributed by atoms with van der Waals surface area (Å²) in [5.41, 5.74) is 0. The van der Waals surface area contributed by atoms with Crippen molar-refractivity contribution in [3.8, 4) is 0 Å². The van der Waals surface area contributed by atoms with Crippen LogP contribution in [0.1, 0.15) is 47.0 Å². The Kier molecular flexibility index (Phi) is 18.1. The van der Waals surface area contributed by atoms with Crippen molar-refractivity contribution >= 4 is 35.8 Å². The summed E-state index contributed by atoms with van der Waals surface area (Å²) < 4.78 is 5.29. The van der Waals surface area contributed by atoms with Crippen LogP contribution in [-0.2, 0) is 9.53 Å². The Morgan fingerprint density at radius 2 is 1.91 bits per heavy atom. The van der Waals surface area contributed by atoms with Crippen LogP contribution in [0.2, 0.25) is 0 Å². The lowest BCUT2D eigenvalue weighted by atomic mass is 10.3. The molecule has 0 fully saturated rings. The molecule has 0 unspecified atom stereocenters. The Hall–Kier alpha value is -0.570. The van der Waals surface area contributed by atoms with Gasteiger partial charge in [0, 0.05) is 45.3 Å². The Morgan fingerprint density at radius 3 is 2.50 bits per heavy atom. The van der Waals surface area contributed by atoms with E-state index in [2.05, 4.69) is 20.9 Å². The highest BCUT2D eigenvalue weighted by atomic mass is 127. The fraction of sp³-hybridized carbons (Fsp3) is 0.867. The summed E-state index contributed by atoms with van der Waals surface area (Å²) in [4.78, 5) is 16.0. The molecule has 0 aliphatic heterocycles. The van der Waals surface area contributed by atoms with E-state index in [0.717, 1.165) is 45.1 Å². The third-order valence-electron chi connectivity index (χ3n) is 2.61. The molecular formula is C15H33IN4O2. The van der Waals surface area contributed by atoms with Crippen LogP contribution in [0.5, 0.6) is 0 Å². The highest BCUT2D eigenvalue weighted by molar-refractivity contribution is 14.0. The molecule has 0 aromatic rings. The van der Waals surface area contributed by atoms with Crippen LogP contribution in [0.4, 0.5) is 0 Å². The van der Waals surface area contributed by atoms with Crippen molar-refractivity contribution in [3.63, 3.8) is 0 Å². The van der Waals surface area contributed by atoms with Crippen LogP contribution in [0, 0.1) is 0 Å². The van der Waals surface area contributed by atoms with Gasteiger partial charge in [0.2, 0.25) is 5.91 Å². The quantitative estimate of drug-likeness (QED) is 0.203. The second kappa shape index (κ2) is 16.8. The monoisotopic (exact) mass is 428 g/mol. The van der Waals surface area contributed by atoms with Crippen molar-refractivity contribution < 1.29 is 9.53 Å². The molecule has 0 heterocycles. The van der Waals surface area contributed by atoms with Crippen LogP contribution < -0.4 is 16.0 Å². The second-order valence-corrected chi connectivity index (χ2v) is 5.06. The van der Waals surface area contributed by atoms with Gasteiger partial charge in [0.15, 0.2) is 5.96 Å². The van der Waals surface area contributed by atoms with E-state index in [1.807, 2.05) is 27.7 Å². The zero-order chi connectivity index (χ0) is 15.9. The van der Waals surface area contributed by atoms with E-state index < -0.39 is 0 Å². The van der Waals surface area contributed by atoms with E-state index in [1.54, 1.807) is 0 Å². The predicted octanol–water partition coefficient (Wildman–Crippen LogP) is 1.89. The molecule has 1 amide bonds. The second-order valence-electron chi connectivity index (χ2n) is 5.06. The Balaban J connectivity index is 0. The van der Waals surface area contributed by atoms with E-state index in [1.165, 1.54) is 0 Å². The summed E-state index contributed by atoms with van der Waals surface area (Å²) in [5.74, 6) is 0.830.